The normalized spacial score (nSPS) is 12.8. The Morgan fingerprint density at radius 1 is 0.591 bits per heavy atom. The third kappa shape index (κ3) is 2.44. The van der Waals surface area contributed by atoms with Crippen molar-refractivity contribution in [1.82, 2.24) is 0 Å². The van der Waals surface area contributed by atoms with Crippen LogP contribution in [0.3, 0.4) is 0 Å². The van der Waals surface area contributed by atoms with Gasteiger partial charge in [-0.3, -0.25) is 0 Å². The quantitative estimate of drug-likeness (QED) is 0.591. The molecule has 0 saturated heterocycles. The van der Waals surface area contributed by atoms with Crippen molar-refractivity contribution in [1.29, 1.82) is 0 Å². The Kier molecular flexibility index (Phi) is 4.29. The molecule has 110 valence electrons. The predicted octanol–water partition coefficient (Wildman–Crippen LogP) is 3.60. The largest absolute Gasteiger partial charge is 0.597 e. The van der Waals surface area contributed by atoms with Crippen molar-refractivity contribution in [3.63, 3.8) is 0 Å². The topological polar surface area (TPSA) is 49.1 Å². The minimum Gasteiger partial charge on any atom is -0.597 e. The van der Waals surface area contributed by atoms with Crippen molar-refractivity contribution < 1.29 is 4.55 Å². The van der Waals surface area contributed by atoms with Gasteiger partial charge in [0.25, 0.3) is 0 Å². The summed E-state index contributed by atoms with van der Waals surface area (Å²) in [7, 11) is 0. The highest BCUT2D eigenvalue weighted by Crippen LogP contribution is 2.42. The molecular weight excluding hydrogens is 290 g/mol. The SMILES string of the molecule is N[S+]([O-])C(c1ccccc1)(c1ccccc1)c1ccccc1. The Hall–Kier alpha value is -2.07. The van der Waals surface area contributed by atoms with E-state index in [9.17, 15) is 4.55 Å². The van der Waals surface area contributed by atoms with Gasteiger partial charge in [0, 0.05) is 16.7 Å². The van der Waals surface area contributed by atoms with Crippen LogP contribution >= 0.6 is 0 Å². The summed E-state index contributed by atoms with van der Waals surface area (Å²) in [6.07, 6.45) is 0. The Morgan fingerprint density at radius 2 is 0.864 bits per heavy atom. The summed E-state index contributed by atoms with van der Waals surface area (Å²) in [6, 6.07) is 29.4. The molecule has 0 radical (unpaired) electrons. The van der Waals surface area contributed by atoms with Crippen LogP contribution in [0.4, 0.5) is 0 Å². The fraction of sp³-hybridized carbons (Fsp3) is 0.0526. The number of rotatable bonds is 4. The van der Waals surface area contributed by atoms with Gasteiger partial charge < -0.3 is 4.55 Å². The lowest BCUT2D eigenvalue weighted by atomic mass is 9.84. The molecule has 0 aliphatic rings. The second-order valence-electron chi connectivity index (χ2n) is 5.08. The summed E-state index contributed by atoms with van der Waals surface area (Å²) >= 11 is -1.61. The fourth-order valence-corrected chi connectivity index (χ4v) is 3.97. The Balaban J connectivity index is 2.34. The molecule has 3 aromatic rings. The van der Waals surface area contributed by atoms with E-state index in [1.165, 1.54) is 0 Å². The van der Waals surface area contributed by atoms with Crippen LogP contribution in [0.25, 0.3) is 0 Å². The van der Waals surface area contributed by atoms with Gasteiger partial charge in [-0.05, 0) is 0 Å². The number of nitrogens with two attached hydrogens (primary N) is 1. The zero-order chi connectivity index (χ0) is 15.4. The average molecular weight is 307 g/mol. The van der Waals surface area contributed by atoms with Crippen LogP contribution < -0.4 is 5.14 Å². The van der Waals surface area contributed by atoms with Crippen molar-refractivity contribution in [2.75, 3.05) is 0 Å². The summed E-state index contributed by atoms with van der Waals surface area (Å²) in [4.78, 5) is 0. The van der Waals surface area contributed by atoms with Crippen LogP contribution in [0.5, 0.6) is 0 Å². The molecule has 1 unspecified atom stereocenters. The lowest BCUT2D eigenvalue weighted by Gasteiger charge is -2.33. The molecular formula is C19H17NOS. The summed E-state index contributed by atoms with van der Waals surface area (Å²) in [6.45, 7) is 0. The molecule has 3 rings (SSSR count). The van der Waals surface area contributed by atoms with E-state index in [4.69, 9.17) is 5.14 Å². The van der Waals surface area contributed by atoms with E-state index in [2.05, 4.69) is 0 Å². The van der Waals surface area contributed by atoms with E-state index in [0.29, 0.717) is 0 Å². The van der Waals surface area contributed by atoms with Gasteiger partial charge in [0.1, 0.15) is 0 Å². The first-order valence-electron chi connectivity index (χ1n) is 7.09. The molecule has 0 aliphatic heterocycles. The second kappa shape index (κ2) is 6.36. The molecule has 2 N–H and O–H groups in total. The molecule has 1 atom stereocenters. The molecule has 0 aromatic heterocycles. The molecule has 0 bridgehead atoms. The highest BCUT2D eigenvalue weighted by Gasteiger charge is 2.46. The summed E-state index contributed by atoms with van der Waals surface area (Å²) in [5.41, 5.74) is 2.77. The molecule has 2 nitrogen and oxygen atoms in total. The third-order valence-electron chi connectivity index (χ3n) is 3.84. The van der Waals surface area contributed by atoms with Gasteiger partial charge in [-0.2, -0.15) is 5.14 Å². The summed E-state index contributed by atoms with van der Waals surface area (Å²) < 4.78 is 11.9. The van der Waals surface area contributed by atoms with Crippen molar-refractivity contribution in [3.05, 3.63) is 108 Å². The lowest BCUT2D eigenvalue weighted by Crippen LogP contribution is -2.42. The minimum absolute atomic E-state index is 0.871. The van der Waals surface area contributed by atoms with E-state index in [-0.39, 0.29) is 0 Å². The van der Waals surface area contributed by atoms with Gasteiger partial charge in [-0.15, -0.1) is 0 Å². The van der Waals surface area contributed by atoms with Gasteiger partial charge in [-0.25, -0.2) is 0 Å². The van der Waals surface area contributed by atoms with E-state index >= 15 is 0 Å². The van der Waals surface area contributed by atoms with Crippen LogP contribution in [-0.4, -0.2) is 4.55 Å². The molecule has 3 aromatic carbocycles. The molecule has 0 saturated carbocycles. The Morgan fingerprint density at radius 3 is 1.09 bits per heavy atom. The predicted molar refractivity (Wildman–Crippen MR) is 91.5 cm³/mol. The zero-order valence-electron chi connectivity index (χ0n) is 12.1. The van der Waals surface area contributed by atoms with Crippen LogP contribution in [0, 0.1) is 0 Å². The summed E-state index contributed by atoms with van der Waals surface area (Å²) in [5.74, 6) is 0. The molecule has 0 spiro atoms. The van der Waals surface area contributed by atoms with Crippen LogP contribution in [0.2, 0.25) is 0 Å². The minimum atomic E-state index is -1.61. The number of hydrogen-bond donors (Lipinski definition) is 1. The first-order valence-corrected chi connectivity index (χ1v) is 8.30. The lowest BCUT2D eigenvalue weighted by molar-refractivity contribution is 0.573. The number of benzene rings is 3. The van der Waals surface area contributed by atoms with E-state index in [1.807, 2.05) is 91.0 Å². The maximum Gasteiger partial charge on any atom is 0.219 e. The average Bonchev–Trinajstić information content (AvgIpc) is 2.58. The highest BCUT2D eigenvalue weighted by molar-refractivity contribution is 7.90. The maximum atomic E-state index is 12.8. The highest BCUT2D eigenvalue weighted by atomic mass is 32.2. The van der Waals surface area contributed by atoms with Crippen molar-refractivity contribution in [3.8, 4) is 0 Å². The van der Waals surface area contributed by atoms with Gasteiger partial charge in [0.15, 0.2) is 0 Å². The first kappa shape index (κ1) is 14.9. The first-order chi connectivity index (χ1) is 10.8. The van der Waals surface area contributed by atoms with Gasteiger partial charge >= 0.3 is 0 Å². The molecule has 0 amide bonds. The van der Waals surface area contributed by atoms with Crippen molar-refractivity contribution >= 4 is 11.4 Å². The molecule has 0 aliphatic carbocycles. The molecule has 22 heavy (non-hydrogen) atoms. The van der Waals surface area contributed by atoms with E-state index < -0.39 is 16.1 Å². The zero-order valence-corrected chi connectivity index (χ0v) is 12.9. The molecule has 0 heterocycles. The van der Waals surface area contributed by atoms with Crippen molar-refractivity contribution in [2.45, 2.75) is 4.75 Å². The standard InChI is InChI=1S/C19H17NOS/c20-22(21)19(16-10-4-1-5-11-16,17-12-6-2-7-13-17)18-14-8-3-9-15-18/h1-15H,20H2. The maximum absolute atomic E-state index is 12.8. The molecule has 0 fully saturated rings. The van der Waals surface area contributed by atoms with E-state index in [1.54, 1.807) is 0 Å². The smallest absolute Gasteiger partial charge is 0.219 e. The van der Waals surface area contributed by atoms with Gasteiger partial charge in [-0.1, -0.05) is 91.0 Å². The van der Waals surface area contributed by atoms with Gasteiger partial charge in [0.05, 0.1) is 11.4 Å². The van der Waals surface area contributed by atoms with Crippen LogP contribution in [0.1, 0.15) is 16.7 Å². The third-order valence-corrected chi connectivity index (χ3v) is 5.15. The Bertz CT molecular complexity index is 618. The second-order valence-corrected chi connectivity index (χ2v) is 6.28. The number of hydrogen-bond acceptors (Lipinski definition) is 2. The van der Waals surface area contributed by atoms with Crippen LogP contribution in [-0.2, 0) is 16.1 Å². The van der Waals surface area contributed by atoms with Crippen LogP contribution in [0.15, 0.2) is 91.0 Å². The van der Waals surface area contributed by atoms with Gasteiger partial charge in [0.2, 0.25) is 4.75 Å². The van der Waals surface area contributed by atoms with E-state index in [0.717, 1.165) is 16.7 Å². The van der Waals surface area contributed by atoms with Crippen molar-refractivity contribution in [2.24, 2.45) is 5.14 Å². The Labute approximate surface area is 133 Å². The molecule has 3 heteroatoms. The monoisotopic (exact) mass is 307 g/mol. The fourth-order valence-electron chi connectivity index (χ4n) is 2.87. The summed E-state index contributed by atoms with van der Waals surface area (Å²) in [5, 5.41) is 6.04.